The number of carbonyl (C=O) groups excluding carboxylic acids is 1. The lowest BCUT2D eigenvalue weighted by atomic mass is 10.2. The number of rotatable bonds is 7. The third-order valence-electron chi connectivity index (χ3n) is 4.08. The topological polar surface area (TPSA) is 59.6 Å². The van der Waals surface area contributed by atoms with Crippen LogP contribution in [0, 0.1) is 6.92 Å². The molecule has 1 atom stereocenters. The van der Waals surface area contributed by atoms with Gasteiger partial charge < -0.3 is 20.1 Å². The number of carbonyl (C=O) groups is 1. The predicted molar refractivity (Wildman–Crippen MR) is 99.2 cm³/mol. The Morgan fingerprint density at radius 2 is 2.04 bits per heavy atom. The largest absolute Gasteiger partial charge is 0.491 e. The van der Waals surface area contributed by atoms with Gasteiger partial charge >= 0.3 is 0 Å². The van der Waals surface area contributed by atoms with Crippen LogP contribution in [0.3, 0.4) is 0 Å². The molecule has 25 heavy (non-hydrogen) atoms. The molecule has 1 aliphatic rings. The molecule has 1 amide bonds. The molecule has 1 heterocycles. The van der Waals surface area contributed by atoms with E-state index in [2.05, 4.69) is 10.6 Å². The molecule has 2 aromatic rings. The molecule has 0 spiro atoms. The summed E-state index contributed by atoms with van der Waals surface area (Å²) in [6.07, 6.45) is 2.32. The molecule has 0 radical (unpaired) electrons. The molecule has 1 aliphatic heterocycles. The molecule has 0 bridgehead atoms. The number of anilines is 2. The lowest BCUT2D eigenvalue weighted by Crippen LogP contribution is -2.21. The zero-order chi connectivity index (χ0) is 17.5. The van der Waals surface area contributed by atoms with Crippen LogP contribution in [0.4, 0.5) is 11.4 Å². The molecular weight excluding hydrogens is 316 g/mol. The normalized spacial score (nSPS) is 16.4. The van der Waals surface area contributed by atoms with Crippen molar-refractivity contribution in [3.8, 4) is 5.75 Å². The highest BCUT2D eigenvalue weighted by Crippen LogP contribution is 2.19. The molecule has 2 aromatic carbocycles. The number of ether oxygens (including phenoxy) is 2. The summed E-state index contributed by atoms with van der Waals surface area (Å²) in [4.78, 5) is 12.1. The van der Waals surface area contributed by atoms with E-state index in [-0.39, 0.29) is 18.6 Å². The van der Waals surface area contributed by atoms with Gasteiger partial charge in [-0.2, -0.15) is 0 Å². The Kier molecular flexibility index (Phi) is 5.90. The molecule has 1 fully saturated rings. The average molecular weight is 340 g/mol. The summed E-state index contributed by atoms with van der Waals surface area (Å²) >= 11 is 0. The number of amides is 1. The number of nitrogens with one attached hydrogen (secondary N) is 2. The van der Waals surface area contributed by atoms with E-state index in [4.69, 9.17) is 9.47 Å². The quantitative estimate of drug-likeness (QED) is 0.808. The van der Waals surface area contributed by atoms with Gasteiger partial charge in [0.25, 0.3) is 0 Å². The van der Waals surface area contributed by atoms with Crippen LogP contribution in [0.2, 0.25) is 0 Å². The predicted octanol–water partition coefficient (Wildman–Crippen LogP) is 3.60. The minimum absolute atomic E-state index is 0.100. The van der Waals surface area contributed by atoms with Crippen LogP contribution < -0.4 is 15.4 Å². The molecule has 3 rings (SSSR count). The van der Waals surface area contributed by atoms with Crippen molar-refractivity contribution in [2.24, 2.45) is 0 Å². The van der Waals surface area contributed by atoms with E-state index in [0.29, 0.717) is 6.61 Å². The van der Waals surface area contributed by atoms with Crippen LogP contribution >= 0.6 is 0 Å². The smallest absolute Gasteiger partial charge is 0.243 e. The number of hydrogen-bond acceptors (Lipinski definition) is 4. The van der Waals surface area contributed by atoms with Crippen LogP contribution in [0.1, 0.15) is 18.4 Å². The minimum Gasteiger partial charge on any atom is -0.491 e. The molecule has 0 saturated carbocycles. The van der Waals surface area contributed by atoms with E-state index in [9.17, 15) is 4.79 Å². The Hall–Kier alpha value is -2.53. The van der Waals surface area contributed by atoms with Gasteiger partial charge in [-0.1, -0.05) is 23.8 Å². The van der Waals surface area contributed by atoms with Crippen molar-refractivity contribution in [3.63, 3.8) is 0 Å². The maximum atomic E-state index is 12.1. The van der Waals surface area contributed by atoms with Crippen LogP contribution in [-0.2, 0) is 9.53 Å². The third kappa shape index (κ3) is 5.50. The third-order valence-corrected chi connectivity index (χ3v) is 4.08. The second-order valence-corrected chi connectivity index (χ2v) is 6.24. The standard InChI is InChI=1S/C20H24N2O3/c1-15-7-9-16(10-8-15)21-13-20(23)22-17-4-2-5-18(12-17)25-14-19-6-3-11-24-19/h2,4-5,7-10,12,19,21H,3,6,11,13-14H2,1H3,(H,22,23). The maximum absolute atomic E-state index is 12.1. The van der Waals surface area contributed by atoms with Gasteiger partial charge in [0.15, 0.2) is 0 Å². The van der Waals surface area contributed by atoms with Gasteiger partial charge in [0.2, 0.25) is 5.91 Å². The van der Waals surface area contributed by atoms with E-state index in [0.717, 1.165) is 36.6 Å². The van der Waals surface area contributed by atoms with Crippen molar-refractivity contribution in [1.82, 2.24) is 0 Å². The first-order valence-electron chi connectivity index (χ1n) is 8.64. The SMILES string of the molecule is Cc1ccc(NCC(=O)Nc2cccc(OCC3CCCO3)c2)cc1. The van der Waals surface area contributed by atoms with Gasteiger partial charge in [0, 0.05) is 24.0 Å². The first-order valence-corrected chi connectivity index (χ1v) is 8.64. The second kappa shape index (κ2) is 8.53. The molecule has 0 aliphatic carbocycles. The van der Waals surface area contributed by atoms with E-state index in [1.165, 1.54) is 5.56 Å². The summed E-state index contributed by atoms with van der Waals surface area (Å²) in [5.41, 5.74) is 2.84. The highest BCUT2D eigenvalue weighted by atomic mass is 16.5. The fourth-order valence-electron chi connectivity index (χ4n) is 2.69. The Morgan fingerprint density at radius 3 is 2.80 bits per heavy atom. The van der Waals surface area contributed by atoms with Gasteiger partial charge in [0.05, 0.1) is 12.6 Å². The van der Waals surface area contributed by atoms with Gasteiger partial charge in [-0.3, -0.25) is 4.79 Å². The fourth-order valence-corrected chi connectivity index (χ4v) is 2.69. The average Bonchev–Trinajstić information content (AvgIpc) is 3.13. The molecule has 2 N–H and O–H groups in total. The molecular formula is C20H24N2O3. The molecule has 1 saturated heterocycles. The second-order valence-electron chi connectivity index (χ2n) is 6.24. The summed E-state index contributed by atoms with van der Waals surface area (Å²) in [6, 6.07) is 15.4. The molecule has 132 valence electrons. The van der Waals surface area contributed by atoms with Crippen molar-refractivity contribution in [1.29, 1.82) is 0 Å². The minimum atomic E-state index is -0.100. The maximum Gasteiger partial charge on any atom is 0.243 e. The summed E-state index contributed by atoms with van der Waals surface area (Å²) < 4.78 is 11.3. The van der Waals surface area contributed by atoms with Gasteiger partial charge in [-0.25, -0.2) is 0 Å². The molecule has 0 aromatic heterocycles. The Balaban J connectivity index is 1.47. The van der Waals surface area contributed by atoms with Crippen molar-refractivity contribution < 1.29 is 14.3 Å². The fraction of sp³-hybridized carbons (Fsp3) is 0.350. The van der Waals surface area contributed by atoms with E-state index >= 15 is 0 Å². The first kappa shape index (κ1) is 17.3. The van der Waals surface area contributed by atoms with Crippen molar-refractivity contribution in [2.45, 2.75) is 25.9 Å². The molecule has 5 nitrogen and oxygen atoms in total. The number of hydrogen-bond donors (Lipinski definition) is 2. The lowest BCUT2D eigenvalue weighted by Gasteiger charge is -2.13. The highest BCUT2D eigenvalue weighted by molar-refractivity contribution is 5.93. The summed E-state index contributed by atoms with van der Waals surface area (Å²) in [7, 11) is 0. The van der Waals surface area contributed by atoms with Crippen molar-refractivity contribution >= 4 is 17.3 Å². The van der Waals surface area contributed by atoms with Crippen LogP contribution in [0.25, 0.3) is 0 Å². The van der Waals surface area contributed by atoms with Crippen molar-refractivity contribution in [2.75, 3.05) is 30.4 Å². The number of aryl methyl sites for hydroxylation is 1. The Morgan fingerprint density at radius 1 is 1.20 bits per heavy atom. The summed E-state index contributed by atoms with van der Waals surface area (Å²) in [5.74, 6) is 0.636. The molecule has 5 heteroatoms. The lowest BCUT2D eigenvalue weighted by molar-refractivity contribution is -0.114. The van der Waals surface area contributed by atoms with E-state index in [1.54, 1.807) is 0 Å². The van der Waals surface area contributed by atoms with Crippen molar-refractivity contribution in [3.05, 3.63) is 54.1 Å². The van der Waals surface area contributed by atoms with Gasteiger partial charge in [0.1, 0.15) is 12.4 Å². The summed E-state index contributed by atoms with van der Waals surface area (Å²) in [5, 5.41) is 5.99. The Labute approximate surface area is 148 Å². The zero-order valence-corrected chi connectivity index (χ0v) is 14.5. The first-order chi connectivity index (χ1) is 12.2. The number of benzene rings is 2. The van der Waals surface area contributed by atoms with Crippen LogP contribution in [-0.4, -0.2) is 31.8 Å². The monoisotopic (exact) mass is 340 g/mol. The van der Waals surface area contributed by atoms with Crippen LogP contribution in [0.15, 0.2) is 48.5 Å². The van der Waals surface area contributed by atoms with Gasteiger partial charge in [-0.05, 0) is 44.0 Å². The molecule has 1 unspecified atom stereocenters. The Bertz CT molecular complexity index is 694. The highest BCUT2D eigenvalue weighted by Gasteiger charge is 2.16. The zero-order valence-electron chi connectivity index (χ0n) is 14.5. The van der Waals surface area contributed by atoms with E-state index < -0.39 is 0 Å². The van der Waals surface area contributed by atoms with Crippen LogP contribution in [0.5, 0.6) is 5.75 Å². The van der Waals surface area contributed by atoms with Gasteiger partial charge in [-0.15, -0.1) is 0 Å². The summed E-state index contributed by atoms with van der Waals surface area (Å²) in [6.45, 7) is 3.61. The van der Waals surface area contributed by atoms with E-state index in [1.807, 2.05) is 55.5 Å².